The van der Waals surface area contributed by atoms with Gasteiger partial charge in [-0.05, 0) is 24.7 Å². The Morgan fingerprint density at radius 2 is 2.33 bits per heavy atom. The molecule has 0 aliphatic carbocycles. The maximum absolute atomic E-state index is 12.7. The molecule has 12 heavy (non-hydrogen) atoms. The Balaban J connectivity index is 2.95. The number of nitriles is 1. The Morgan fingerprint density at radius 1 is 1.58 bits per heavy atom. The van der Waals surface area contributed by atoms with Crippen molar-refractivity contribution in [1.82, 2.24) is 5.32 Å². The first-order valence-electron chi connectivity index (χ1n) is 3.60. The van der Waals surface area contributed by atoms with Crippen LogP contribution in [0.15, 0.2) is 24.3 Å². The van der Waals surface area contributed by atoms with Crippen LogP contribution in [0.1, 0.15) is 11.6 Å². The van der Waals surface area contributed by atoms with Crippen LogP contribution < -0.4 is 5.32 Å². The van der Waals surface area contributed by atoms with Crippen LogP contribution in [-0.2, 0) is 0 Å². The fourth-order valence-corrected chi connectivity index (χ4v) is 0.992. The van der Waals surface area contributed by atoms with Gasteiger partial charge in [0.1, 0.15) is 11.9 Å². The van der Waals surface area contributed by atoms with E-state index in [1.807, 2.05) is 6.07 Å². The second kappa shape index (κ2) is 3.84. The van der Waals surface area contributed by atoms with Gasteiger partial charge in [-0.2, -0.15) is 5.26 Å². The van der Waals surface area contributed by atoms with E-state index in [0.29, 0.717) is 5.56 Å². The first-order chi connectivity index (χ1) is 5.77. The standard InChI is InChI=1S/C9H9FN2/c1-12-9(6-11)7-3-2-4-8(10)5-7/h2-5,9,12H,1H3/t9-/m0/s1. The third-order valence-electron chi connectivity index (χ3n) is 1.60. The average Bonchev–Trinajstić information content (AvgIpc) is 2.07. The van der Waals surface area contributed by atoms with Crippen molar-refractivity contribution in [3.8, 4) is 6.07 Å². The lowest BCUT2D eigenvalue weighted by atomic mass is 10.1. The van der Waals surface area contributed by atoms with Crippen molar-refractivity contribution >= 4 is 0 Å². The molecule has 0 saturated carbocycles. The summed E-state index contributed by atoms with van der Waals surface area (Å²) in [4.78, 5) is 0. The summed E-state index contributed by atoms with van der Waals surface area (Å²) in [5, 5.41) is 11.4. The molecule has 0 amide bonds. The van der Waals surface area contributed by atoms with Crippen LogP contribution in [0.5, 0.6) is 0 Å². The van der Waals surface area contributed by atoms with Crippen LogP contribution in [-0.4, -0.2) is 7.05 Å². The number of nitrogens with one attached hydrogen (secondary N) is 1. The molecule has 1 N–H and O–H groups in total. The largest absolute Gasteiger partial charge is 0.301 e. The molecule has 1 aromatic carbocycles. The summed E-state index contributed by atoms with van der Waals surface area (Å²) in [6, 6.07) is 7.60. The van der Waals surface area contributed by atoms with Crippen molar-refractivity contribution < 1.29 is 4.39 Å². The highest BCUT2D eigenvalue weighted by Crippen LogP contribution is 2.12. The third kappa shape index (κ3) is 1.80. The van der Waals surface area contributed by atoms with Crippen LogP contribution in [0.3, 0.4) is 0 Å². The number of benzene rings is 1. The van der Waals surface area contributed by atoms with Gasteiger partial charge in [0, 0.05) is 0 Å². The fourth-order valence-electron chi connectivity index (χ4n) is 0.992. The Kier molecular flexibility index (Phi) is 2.78. The van der Waals surface area contributed by atoms with E-state index in [9.17, 15) is 4.39 Å². The lowest BCUT2D eigenvalue weighted by Crippen LogP contribution is -2.13. The molecular weight excluding hydrogens is 155 g/mol. The predicted octanol–water partition coefficient (Wildman–Crippen LogP) is 1.61. The molecule has 0 radical (unpaired) electrons. The van der Waals surface area contributed by atoms with Gasteiger partial charge in [-0.3, -0.25) is 0 Å². The SMILES string of the molecule is CN[C@@H](C#N)c1cccc(F)c1. The van der Waals surface area contributed by atoms with Gasteiger partial charge >= 0.3 is 0 Å². The molecule has 0 aliphatic heterocycles. The second-order valence-electron chi connectivity index (χ2n) is 2.41. The summed E-state index contributed by atoms with van der Waals surface area (Å²) in [7, 11) is 1.67. The van der Waals surface area contributed by atoms with Gasteiger partial charge in [0.05, 0.1) is 6.07 Å². The molecule has 2 nitrogen and oxygen atoms in total. The monoisotopic (exact) mass is 164 g/mol. The quantitative estimate of drug-likeness (QED) is 0.720. The van der Waals surface area contributed by atoms with Crippen molar-refractivity contribution in [2.75, 3.05) is 7.05 Å². The molecule has 0 aliphatic rings. The Hall–Kier alpha value is -1.40. The van der Waals surface area contributed by atoms with Crippen LogP contribution in [0.25, 0.3) is 0 Å². The van der Waals surface area contributed by atoms with Crippen molar-refractivity contribution in [3.05, 3.63) is 35.6 Å². The molecular formula is C9H9FN2. The number of hydrogen-bond donors (Lipinski definition) is 1. The van der Waals surface area contributed by atoms with Gasteiger partial charge < -0.3 is 5.32 Å². The lowest BCUT2D eigenvalue weighted by Gasteiger charge is -2.06. The lowest BCUT2D eigenvalue weighted by molar-refractivity contribution is 0.620. The van der Waals surface area contributed by atoms with Crippen molar-refractivity contribution in [1.29, 1.82) is 5.26 Å². The Morgan fingerprint density at radius 3 is 2.83 bits per heavy atom. The molecule has 0 spiro atoms. The minimum absolute atomic E-state index is 0.317. The van der Waals surface area contributed by atoms with E-state index in [0.717, 1.165) is 0 Å². The maximum atomic E-state index is 12.7. The third-order valence-corrected chi connectivity index (χ3v) is 1.60. The smallest absolute Gasteiger partial charge is 0.123 e. The minimum atomic E-state index is -0.430. The van der Waals surface area contributed by atoms with E-state index in [2.05, 4.69) is 5.32 Å². The molecule has 0 saturated heterocycles. The van der Waals surface area contributed by atoms with Crippen LogP contribution in [0.4, 0.5) is 4.39 Å². The number of rotatable bonds is 2. The Labute approximate surface area is 70.6 Å². The molecule has 1 rings (SSSR count). The van der Waals surface area contributed by atoms with Gasteiger partial charge in [-0.1, -0.05) is 12.1 Å². The predicted molar refractivity (Wildman–Crippen MR) is 43.8 cm³/mol. The highest BCUT2D eigenvalue weighted by atomic mass is 19.1. The number of hydrogen-bond acceptors (Lipinski definition) is 2. The summed E-state index contributed by atoms with van der Waals surface area (Å²) < 4.78 is 12.7. The molecule has 1 aromatic rings. The molecule has 0 fully saturated rings. The van der Waals surface area contributed by atoms with E-state index in [1.165, 1.54) is 12.1 Å². The number of halogens is 1. The molecule has 0 heterocycles. The average molecular weight is 164 g/mol. The Bertz CT molecular complexity index is 304. The molecule has 0 unspecified atom stereocenters. The zero-order chi connectivity index (χ0) is 8.97. The molecule has 0 bridgehead atoms. The van der Waals surface area contributed by atoms with Gasteiger partial charge in [-0.15, -0.1) is 0 Å². The fraction of sp³-hybridized carbons (Fsp3) is 0.222. The van der Waals surface area contributed by atoms with Crippen LogP contribution in [0, 0.1) is 17.1 Å². The summed E-state index contributed by atoms with van der Waals surface area (Å²) in [5.74, 6) is -0.317. The molecule has 0 aromatic heterocycles. The van der Waals surface area contributed by atoms with E-state index < -0.39 is 6.04 Å². The second-order valence-corrected chi connectivity index (χ2v) is 2.41. The topological polar surface area (TPSA) is 35.8 Å². The molecule has 1 atom stereocenters. The highest BCUT2D eigenvalue weighted by molar-refractivity contribution is 5.24. The van der Waals surface area contributed by atoms with Crippen molar-refractivity contribution in [2.24, 2.45) is 0 Å². The maximum Gasteiger partial charge on any atom is 0.123 e. The first-order valence-corrected chi connectivity index (χ1v) is 3.60. The van der Waals surface area contributed by atoms with Crippen LogP contribution >= 0.6 is 0 Å². The van der Waals surface area contributed by atoms with Gasteiger partial charge in [-0.25, -0.2) is 4.39 Å². The zero-order valence-corrected chi connectivity index (χ0v) is 6.71. The van der Waals surface area contributed by atoms with Crippen molar-refractivity contribution in [2.45, 2.75) is 6.04 Å². The van der Waals surface area contributed by atoms with Crippen molar-refractivity contribution in [3.63, 3.8) is 0 Å². The van der Waals surface area contributed by atoms with Gasteiger partial charge in [0.2, 0.25) is 0 Å². The van der Waals surface area contributed by atoms with Crippen LogP contribution in [0.2, 0.25) is 0 Å². The van der Waals surface area contributed by atoms with E-state index in [-0.39, 0.29) is 5.82 Å². The molecule has 62 valence electrons. The summed E-state index contributed by atoms with van der Waals surface area (Å²) in [6.45, 7) is 0. The molecule has 3 heteroatoms. The van der Waals surface area contributed by atoms with Gasteiger partial charge in [0.25, 0.3) is 0 Å². The highest BCUT2D eigenvalue weighted by Gasteiger charge is 2.06. The minimum Gasteiger partial charge on any atom is -0.301 e. The normalized spacial score (nSPS) is 12.1. The summed E-state index contributed by atoms with van der Waals surface area (Å²) in [5.41, 5.74) is 0.653. The summed E-state index contributed by atoms with van der Waals surface area (Å²) >= 11 is 0. The number of nitrogens with zero attached hydrogens (tertiary/aromatic N) is 1. The first kappa shape index (κ1) is 8.69. The van der Waals surface area contributed by atoms with E-state index in [4.69, 9.17) is 5.26 Å². The van der Waals surface area contributed by atoms with Gasteiger partial charge in [0.15, 0.2) is 0 Å². The summed E-state index contributed by atoms with van der Waals surface area (Å²) in [6.07, 6.45) is 0. The zero-order valence-electron chi connectivity index (χ0n) is 6.71. The van der Waals surface area contributed by atoms with E-state index >= 15 is 0 Å². The van der Waals surface area contributed by atoms with E-state index in [1.54, 1.807) is 19.2 Å².